The van der Waals surface area contributed by atoms with Gasteiger partial charge in [-0.05, 0) is 49.2 Å². The maximum absolute atomic E-state index is 13.0. The molecule has 168 valence electrons. The van der Waals surface area contributed by atoms with Crippen molar-refractivity contribution in [1.29, 1.82) is 0 Å². The molecule has 33 heavy (non-hydrogen) atoms. The van der Waals surface area contributed by atoms with Gasteiger partial charge in [-0.25, -0.2) is 9.97 Å². The van der Waals surface area contributed by atoms with E-state index in [-0.39, 0.29) is 18.2 Å². The first-order valence-corrected chi connectivity index (χ1v) is 10.4. The lowest BCUT2D eigenvalue weighted by Gasteiger charge is -2.45. The van der Waals surface area contributed by atoms with Crippen LogP contribution in [0.25, 0.3) is 0 Å². The Morgan fingerprint density at radius 2 is 1.33 bits per heavy atom. The molecule has 0 spiro atoms. The van der Waals surface area contributed by atoms with Crippen molar-refractivity contribution in [1.82, 2.24) is 25.4 Å². The number of hydrogen-bond acceptors (Lipinski definition) is 7. The molecule has 0 saturated carbocycles. The molecule has 10 heteroatoms. The van der Waals surface area contributed by atoms with Gasteiger partial charge in [-0.15, -0.1) is 0 Å². The molecule has 4 heterocycles. The third kappa shape index (κ3) is 4.85. The lowest BCUT2D eigenvalue weighted by atomic mass is 9.93. The van der Waals surface area contributed by atoms with Crippen LogP contribution in [0.3, 0.4) is 0 Å². The number of hydrogen-bond donors (Lipinski definition) is 3. The van der Waals surface area contributed by atoms with E-state index in [4.69, 9.17) is 0 Å². The Morgan fingerprint density at radius 1 is 0.818 bits per heavy atom. The van der Waals surface area contributed by atoms with Gasteiger partial charge in [0.25, 0.3) is 5.91 Å². The summed E-state index contributed by atoms with van der Waals surface area (Å²) in [6, 6.07) is 8.80. The van der Waals surface area contributed by atoms with Gasteiger partial charge in [0.2, 0.25) is 11.8 Å². The van der Waals surface area contributed by atoms with Gasteiger partial charge >= 0.3 is 0 Å². The molecule has 1 fully saturated rings. The molecule has 10 nitrogen and oxygen atoms in total. The monoisotopic (exact) mass is 445 g/mol. The number of pyridine rings is 3. The van der Waals surface area contributed by atoms with Gasteiger partial charge in [0.15, 0.2) is 0 Å². The first kappa shape index (κ1) is 22.0. The van der Waals surface area contributed by atoms with Crippen LogP contribution < -0.4 is 16.1 Å². The molecule has 1 aliphatic heterocycles. The van der Waals surface area contributed by atoms with Crippen LogP contribution in [0, 0.1) is 13.8 Å². The fraction of sp³-hybridized carbons (Fsp3) is 0.217. The van der Waals surface area contributed by atoms with Gasteiger partial charge in [-0.1, -0.05) is 12.1 Å². The van der Waals surface area contributed by atoms with Crippen molar-refractivity contribution in [3.8, 4) is 0 Å². The maximum atomic E-state index is 13.0. The molecule has 0 unspecified atom stereocenters. The number of carbonyl (C=O) groups is 3. The van der Waals surface area contributed by atoms with Crippen LogP contribution in [0.1, 0.15) is 27.9 Å². The summed E-state index contributed by atoms with van der Waals surface area (Å²) < 4.78 is 0. The van der Waals surface area contributed by atoms with Crippen molar-refractivity contribution in [2.45, 2.75) is 32.4 Å². The number of aryl methyl sites for hydroxylation is 2. The van der Waals surface area contributed by atoms with Gasteiger partial charge in [-0.3, -0.25) is 24.8 Å². The highest BCUT2D eigenvalue weighted by Crippen LogP contribution is 2.27. The molecule has 3 N–H and O–H groups in total. The summed E-state index contributed by atoms with van der Waals surface area (Å²) in [5.41, 5.74) is 4.66. The van der Waals surface area contributed by atoms with E-state index in [0.717, 1.165) is 11.1 Å². The zero-order valence-corrected chi connectivity index (χ0v) is 18.1. The minimum absolute atomic E-state index is 0.214. The maximum Gasteiger partial charge on any atom is 0.265 e. The Kier molecular flexibility index (Phi) is 6.36. The largest absolute Gasteiger partial charge is 0.309 e. The summed E-state index contributed by atoms with van der Waals surface area (Å²) in [5.74, 6) is -0.328. The molecule has 4 rings (SSSR count). The van der Waals surface area contributed by atoms with Crippen LogP contribution in [0.15, 0.2) is 61.2 Å². The number of anilines is 2. The van der Waals surface area contributed by atoms with Gasteiger partial charge in [0, 0.05) is 36.8 Å². The minimum atomic E-state index is -0.752. The first-order chi connectivity index (χ1) is 15.9. The van der Waals surface area contributed by atoms with E-state index in [2.05, 4.69) is 31.0 Å². The van der Waals surface area contributed by atoms with E-state index in [1.807, 2.05) is 26.0 Å². The average Bonchev–Trinajstić information content (AvgIpc) is 2.80. The van der Waals surface area contributed by atoms with Crippen molar-refractivity contribution in [3.05, 3.63) is 77.9 Å². The molecule has 2 atom stereocenters. The molecule has 3 amide bonds. The Balaban J connectivity index is 1.52. The molecular weight excluding hydrogens is 422 g/mol. The summed E-state index contributed by atoms with van der Waals surface area (Å²) in [7, 11) is 0. The predicted molar refractivity (Wildman–Crippen MR) is 121 cm³/mol. The molecule has 1 aliphatic rings. The van der Waals surface area contributed by atoms with E-state index in [1.54, 1.807) is 36.7 Å². The smallest absolute Gasteiger partial charge is 0.265 e. The fourth-order valence-electron chi connectivity index (χ4n) is 3.46. The number of rotatable bonds is 6. The molecule has 3 aromatic rings. The Hall–Kier alpha value is -4.18. The molecule has 0 aromatic carbocycles. The fourth-order valence-corrected chi connectivity index (χ4v) is 3.46. The van der Waals surface area contributed by atoms with E-state index in [1.165, 1.54) is 17.4 Å². The van der Waals surface area contributed by atoms with Crippen molar-refractivity contribution in [2.24, 2.45) is 0 Å². The number of aromatic nitrogens is 3. The Bertz CT molecular complexity index is 1120. The topological polar surface area (TPSA) is 129 Å². The Labute approximate surface area is 190 Å². The van der Waals surface area contributed by atoms with Crippen molar-refractivity contribution in [3.63, 3.8) is 0 Å². The van der Waals surface area contributed by atoms with E-state index >= 15 is 0 Å². The second-order valence-electron chi connectivity index (χ2n) is 7.67. The molecule has 0 bridgehead atoms. The molecule has 1 saturated heterocycles. The van der Waals surface area contributed by atoms with E-state index < -0.39 is 18.0 Å². The zero-order valence-electron chi connectivity index (χ0n) is 18.1. The van der Waals surface area contributed by atoms with Gasteiger partial charge in [0.1, 0.15) is 23.7 Å². The number of amides is 3. The van der Waals surface area contributed by atoms with Crippen LogP contribution in [-0.4, -0.2) is 49.8 Å². The predicted octanol–water partition coefficient (Wildman–Crippen LogP) is 1.85. The Morgan fingerprint density at radius 3 is 1.82 bits per heavy atom. The minimum Gasteiger partial charge on any atom is -0.309 e. The van der Waals surface area contributed by atoms with Crippen LogP contribution in [0.5, 0.6) is 0 Å². The van der Waals surface area contributed by atoms with Crippen LogP contribution in [0.2, 0.25) is 0 Å². The molecule has 0 aliphatic carbocycles. The first-order valence-electron chi connectivity index (χ1n) is 10.4. The highest BCUT2D eigenvalue weighted by atomic mass is 16.2. The SMILES string of the molecule is Cc1cccnc1NC(=O)[C@H]1C[C@H](C(=O)Nc2ncccc2C)N1NC(=O)c1ccncc1. The third-order valence-corrected chi connectivity index (χ3v) is 5.40. The standard InChI is InChI=1S/C23H23N7O3/c1-14-5-3-9-25-19(14)27-22(32)17-13-18(23(33)28-20-15(2)6-4-10-26-20)30(17)29-21(31)16-7-11-24-12-8-16/h3-12,17-18H,13H2,1-2H3,(H,29,31)(H,25,27,32)(H,26,28,33)/t17-,18-/m1/s1. The lowest BCUT2D eigenvalue weighted by molar-refractivity contribution is -0.141. The summed E-state index contributed by atoms with van der Waals surface area (Å²) in [6.07, 6.45) is 6.36. The van der Waals surface area contributed by atoms with Crippen molar-refractivity contribution in [2.75, 3.05) is 10.6 Å². The summed E-state index contributed by atoms with van der Waals surface area (Å²) in [4.78, 5) is 50.9. The number of nitrogens with zero attached hydrogens (tertiary/aromatic N) is 4. The highest BCUT2D eigenvalue weighted by molar-refractivity contribution is 6.01. The van der Waals surface area contributed by atoms with Crippen LogP contribution in [0.4, 0.5) is 11.6 Å². The normalized spacial score (nSPS) is 17.5. The lowest BCUT2D eigenvalue weighted by Crippen LogP contribution is -2.70. The summed E-state index contributed by atoms with van der Waals surface area (Å²) in [6.45, 7) is 3.66. The van der Waals surface area contributed by atoms with Crippen molar-refractivity contribution < 1.29 is 14.4 Å². The molecule has 3 aromatic heterocycles. The number of hydrazine groups is 1. The molecule has 0 radical (unpaired) electrons. The van der Waals surface area contributed by atoms with Gasteiger partial charge in [-0.2, -0.15) is 5.01 Å². The van der Waals surface area contributed by atoms with Gasteiger partial charge in [0.05, 0.1) is 0 Å². The van der Waals surface area contributed by atoms with E-state index in [0.29, 0.717) is 17.2 Å². The third-order valence-electron chi connectivity index (χ3n) is 5.40. The van der Waals surface area contributed by atoms with Crippen molar-refractivity contribution >= 4 is 29.4 Å². The number of carbonyl (C=O) groups excluding carboxylic acids is 3. The summed E-state index contributed by atoms with van der Waals surface area (Å²) in [5, 5.41) is 6.92. The zero-order chi connectivity index (χ0) is 23.4. The van der Waals surface area contributed by atoms with Crippen LogP contribution in [-0.2, 0) is 9.59 Å². The second-order valence-corrected chi connectivity index (χ2v) is 7.67. The second kappa shape index (κ2) is 9.53. The van der Waals surface area contributed by atoms with Crippen LogP contribution >= 0.6 is 0 Å². The summed E-state index contributed by atoms with van der Waals surface area (Å²) >= 11 is 0. The van der Waals surface area contributed by atoms with Gasteiger partial charge < -0.3 is 10.6 Å². The quantitative estimate of drug-likeness (QED) is 0.528. The number of nitrogens with one attached hydrogen (secondary N) is 3. The average molecular weight is 445 g/mol. The van der Waals surface area contributed by atoms with E-state index in [9.17, 15) is 14.4 Å². The highest BCUT2D eigenvalue weighted by Gasteiger charge is 2.48. The molecular formula is C23H23N7O3.